The van der Waals surface area contributed by atoms with Gasteiger partial charge in [-0.1, -0.05) is 18.2 Å². The van der Waals surface area contributed by atoms with Crippen molar-refractivity contribution in [3.63, 3.8) is 0 Å². The molecule has 18 heavy (non-hydrogen) atoms. The predicted octanol–water partition coefficient (Wildman–Crippen LogP) is 2.83. The Labute approximate surface area is 107 Å². The molecule has 1 aliphatic heterocycles. The SMILES string of the molecule is CC(O)c1ccnc(N2CCc3ccccc32)c1. The van der Waals surface area contributed by atoms with Gasteiger partial charge in [0.25, 0.3) is 0 Å². The molecule has 0 fully saturated rings. The van der Waals surface area contributed by atoms with E-state index in [-0.39, 0.29) is 0 Å². The van der Waals surface area contributed by atoms with E-state index in [4.69, 9.17) is 0 Å². The van der Waals surface area contributed by atoms with Crippen molar-refractivity contribution in [3.05, 3.63) is 53.7 Å². The maximum Gasteiger partial charge on any atom is 0.133 e. The molecule has 0 saturated carbocycles. The van der Waals surface area contributed by atoms with E-state index in [1.54, 1.807) is 13.1 Å². The van der Waals surface area contributed by atoms with Crippen molar-refractivity contribution in [2.75, 3.05) is 11.4 Å². The molecule has 1 aromatic heterocycles. The van der Waals surface area contributed by atoms with Gasteiger partial charge in [0.05, 0.1) is 6.10 Å². The van der Waals surface area contributed by atoms with E-state index >= 15 is 0 Å². The molecule has 2 aromatic rings. The molecule has 1 N–H and O–H groups in total. The van der Waals surface area contributed by atoms with Crippen LogP contribution in [0.25, 0.3) is 0 Å². The number of fused-ring (bicyclic) bond motifs is 1. The van der Waals surface area contributed by atoms with Crippen LogP contribution in [0.2, 0.25) is 0 Å². The Kier molecular flexibility index (Phi) is 2.76. The molecule has 3 heteroatoms. The minimum atomic E-state index is -0.454. The summed E-state index contributed by atoms with van der Waals surface area (Å²) in [6.07, 6.45) is 2.36. The summed E-state index contributed by atoms with van der Waals surface area (Å²) in [5.41, 5.74) is 3.50. The third-order valence-electron chi connectivity index (χ3n) is 3.42. The second-order valence-electron chi connectivity index (χ2n) is 4.65. The summed E-state index contributed by atoms with van der Waals surface area (Å²) in [5.74, 6) is 0.915. The first-order valence-corrected chi connectivity index (χ1v) is 6.25. The quantitative estimate of drug-likeness (QED) is 0.877. The number of nitrogens with zero attached hydrogens (tertiary/aromatic N) is 2. The Morgan fingerprint density at radius 1 is 1.28 bits per heavy atom. The van der Waals surface area contributed by atoms with Crippen LogP contribution in [-0.2, 0) is 6.42 Å². The standard InChI is InChI=1S/C15H16N2O/c1-11(18)13-6-8-16-15(10-13)17-9-7-12-4-2-3-5-14(12)17/h2-6,8,10-11,18H,7,9H2,1H3. The van der Waals surface area contributed by atoms with Gasteiger partial charge in [0, 0.05) is 18.4 Å². The highest BCUT2D eigenvalue weighted by atomic mass is 16.3. The van der Waals surface area contributed by atoms with Crippen LogP contribution in [0.3, 0.4) is 0 Å². The fraction of sp³-hybridized carbons (Fsp3) is 0.267. The largest absolute Gasteiger partial charge is 0.389 e. The van der Waals surface area contributed by atoms with Crippen molar-refractivity contribution in [1.29, 1.82) is 0 Å². The summed E-state index contributed by atoms with van der Waals surface area (Å²) >= 11 is 0. The highest BCUT2D eigenvalue weighted by Crippen LogP contribution is 2.33. The molecule has 0 bridgehead atoms. The van der Waals surface area contributed by atoms with Gasteiger partial charge in [0.2, 0.25) is 0 Å². The minimum absolute atomic E-state index is 0.454. The van der Waals surface area contributed by atoms with Crippen molar-refractivity contribution in [3.8, 4) is 0 Å². The Balaban J connectivity index is 2.00. The van der Waals surface area contributed by atoms with Crippen LogP contribution in [0.1, 0.15) is 24.2 Å². The van der Waals surface area contributed by atoms with Gasteiger partial charge < -0.3 is 10.0 Å². The number of anilines is 2. The first kappa shape index (κ1) is 11.2. The van der Waals surface area contributed by atoms with Gasteiger partial charge in [-0.05, 0) is 42.7 Å². The van der Waals surface area contributed by atoms with E-state index in [0.29, 0.717) is 0 Å². The molecule has 0 spiro atoms. The van der Waals surface area contributed by atoms with Crippen LogP contribution in [0.4, 0.5) is 11.5 Å². The van der Waals surface area contributed by atoms with Crippen molar-refractivity contribution in [2.24, 2.45) is 0 Å². The molecule has 0 saturated heterocycles. The fourth-order valence-electron chi connectivity index (χ4n) is 2.42. The molecular weight excluding hydrogens is 224 g/mol. The summed E-state index contributed by atoms with van der Waals surface area (Å²) < 4.78 is 0. The highest BCUT2D eigenvalue weighted by Gasteiger charge is 2.20. The van der Waals surface area contributed by atoms with E-state index < -0.39 is 6.10 Å². The molecule has 92 valence electrons. The van der Waals surface area contributed by atoms with Crippen LogP contribution in [0.5, 0.6) is 0 Å². The monoisotopic (exact) mass is 240 g/mol. The topological polar surface area (TPSA) is 36.4 Å². The van der Waals surface area contributed by atoms with Gasteiger partial charge in [-0.25, -0.2) is 4.98 Å². The summed E-state index contributed by atoms with van der Waals surface area (Å²) in [7, 11) is 0. The third-order valence-corrected chi connectivity index (χ3v) is 3.42. The zero-order valence-electron chi connectivity index (χ0n) is 10.4. The molecule has 0 aliphatic carbocycles. The summed E-state index contributed by atoms with van der Waals surface area (Å²) in [5, 5.41) is 9.64. The van der Waals surface area contributed by atoms with Gasteiger partial charge in [0.15, 0.2) is 0 Å². The summed E-state index contributed by atoms with van der Waals surface area (Å²) in [6, 6.07) is 12.2. The van der Waals surface area contributed by atoms with Crippen LogP contribution >= 0.6 is 0 Å². The predicted molar refractivity (Wildman–Crippen MR) is 72.0 cm³/mol. The normalized spacial score (nSPS) is 15.6. The van der Waals surface area contributed by atoms with Crippen molar-refractivity contribution >= 4 is 11.5 Å². The average Bonchev–Trinajstić information content (AvgIpc) is 2.82. The maximum absolute atomic E-state index is 9.64. The summed E-state index contributed by atoms with van der Waals surface area (Å²) in [6.45, 7) is 2.73. The fourth-order valence-corrected chi connectivity index (χ4v) is 2.42. The number of para-hydroxylation sites is 1. The molecule has 1 aromatic carbocycles. The third kappa shape index (κ3) is 1.87. The maximum atomic E-state index is 9.64. The number of hydrogen-bond acceptors (Lipinski definition) is 3. The van der Waals surface area contributed by atoms with Gasteiger partial charge in [-0.15, -0.1) is 0 Å². The second kappa shape index (κ2) is 4.42. The molecule has 1 atom stereocenters. The van der Waals surface area contributed by atoms with Crippen molar-refractivity contribution < 1.29 is 5.11 Å². The molecule has 2 heterocycles. The van der Waals surface area contributed by atoms with Gasteiger partial charge in [0.1, 0.15) is 5.82 Å². The van der Waals surface area contributed by atoms with Gasteiger partial charge in [-0.3, -0.25) is 0 Å². The van der Waals surface area contributed by atoms with Crippen LogP contribution in [0, 0.1) is 0 Å². The number of aliphatic hydroxyl groups is 1. The molecule has 0 radical (unpaired) electrons. The molecule has 1 aliphatic rings. The average molecular weight is 240 g/mol. The second-order valence-corrected chi connectivity index (χ2v) is 4.65. The molecule has 3 nitrogen and oxygen atoms in total. The Hall–Kier alpha value is -1.87. The lowest BCUT2D eigenvalue weighted by Crippen LogP contribution is -2.15. The Bertz CT molecular complexity index is 566. The smallest absolute Gasteiger partial charge is 0.133 e. The van der Waals surface area contributed by atoms with Crippen molar-refractivity contribution in [2.45, 2.75) is 19.4 Å². The summed E-state index contributed by atoms with van der Waals surface area (Å²) in [4.78, 5) is 6.63. The van der Waals surface area contributed by atoms with Crippen LogP contribution < -0.4 is 4.90 Å². The minimum Gasteiger partial charge on any atom is -0.389 e. The van der Waals surface area contributed by atoms with Crippen LogP contribution in [-0.4, -0.2) is 16.6 Å². The number of hydrogen-bond donors (Lipinski definition) is 1. The van der Waals surface area contributed by atoms with E-state index in [9.17, 15) is 5.11 Å². The number of aromatic nitrogens is 1. The molecule has 0 amide bonds. The first-order valence-electron chi connectivity index (χ1n) is 6.25. The lowest BCUT2D eigenvalue weighted by Gasteiger charge is -2.19. The van der Waals surface area contributed by atoms with E-state index in [0.717, 1.165) is 24.3 Å². The zero-order valence-corrected chi connectivity index (χ0v) is 10.4. The zero-order chi connectivity index (χ0) is 12.5. The molecular formula is C15H16N2O. The number of aliphatic hydroxyl groups excluding tert-OH is 1. The first-order chi connectivity index (χ1) is 8.75. The van der Waals surface area contributed by atoms with Gasteiger partial charge in [-0.2, -0.15) is 0 Å². The Morgan fingerprint density at radius 2 is 2.11 bits per heavy atom. The number of pyridine rings is 1. The van der Waals surface area contributed by atoms with E-state index in [2.05, 4.69) is 34.1 Å². The lowest BCUT2D eigenvalue weighted by molar-refractivity contribution is 0.199. The number of benzene rings is 1. The van der Waals surface area contributed by atoms with Crippen molar-refractivity contribution in [1.82, 2.24) is 4.98 Å². The van der Waals surface area contributed by atoms with E-state index in [1.165, 1.54) is 11.3 Å². The highest BCUT2D eigenvalue weighted by molar-refractivity contribution is 5.67. The number of rotatable bonds is 2. The van der Waals surface area contributed by atoms with Crippen LogP contribution in [0.15, 0.2) is 42.6 Å². The van der Waals surface area contributed by atoms with E-state index in [1.807, 2.05) is 12.1 Å². The Morgan fingerprint density at radius 3 is 2.94 bits per heavy atom. The molecule has 3 rings (SSSR count). The van der Waals surface area contributed by atoms with Gasteiger partial charge >= 0.3 is 0 Å². The molecule has 1 unspecified atom stereocenters. The lowest BCUT2D eigenvalue weighted by atomic mass is 10.1.